The highest BCUT2D eigenvalue weighted by Crippen LogP contribution is 2.23. The van der Waals surface area contributed by atoms with Crippen molar-refractivity contribution in [3.8, 4) is 11.4 Å². The molecule has 0 aliphatic carbocycles. The molecule has 32 heavy (non-hydrogen) atoms. The predicted molar refractivity (Wildman–Crippen MR) is 126 cm³/mol. The van der Waals surface area contributed by atoms with E-state index < -0.39 is 9.84 Å². The van der Waals surface area contributed by atoms with E-state index in [1.807, 2.05) is 32.9 Å². The lowest BCUT2D eigenvalue weighted by Gasteiger charge is -2.28. The van der Waals surface area contributed by atoms with E-state index in [0.29, 0.717) is 55.9 Å². The number of morpholine rings is 1. The molecule has 1 aromatic carbocycles. The third-order valence-corrected chi connectivity index (χ3v) is 5.51. The van der Waals surface area contributed by atoms with E-state index in [2.05, 4.69) is 25.5 Å². The highest BCUT2D eigenvalue weighted by Gasteiger charge is 2.18. The maximum Gasteiger partial charge on any atom is 0.319 e. The highest BCUT2D eigenvalue weighted by atomic mass is 32.2. The molecule has 0 unspecified atom stereocenters. The minimum Gasteiger partial charge on any atom is -0.378 e. The summed E-state index contributed by atoms with van der Waals surface area (Å²) < 4.78 is 29.1. The molecule has 1 aromatic heterocycles. The zero-order valence-corrected chi connectivity index (χ0v) is 19.8. The second kappa shape index (κ2) is 9.83. The van der Waals surface area contributed by atoms with Gasteiger partial charge in [-0.15, -0.1) is 0 Å². The van der Waals surface area contributed by atoms with Gasteiger partial charge in [0, 0.05) is 43.2 Å². The van der Waals surface area contributed by atoms with Gasteiger partial charge in [0.2, 0.25) is 0 Å². The standard InChI is InChI=1S/C22H31N5O4S/c1-22(2,3)15-23-21(28)25-17-7-5-16(6-8-17)20-24-18(14-32(4,29)30)13-19(26-20)27-9-11-31-12-10-27/h5-8,13H,9-12,14-15H2,1-4H3,(H2,23,25,28). The Hall–Kier alpha value is -2.72. The average Bonchev–Trinajstić information content (AvgIpc) is 2.71. The van der Waals surface area contributed by atoms with E-state index in [1.54, 1.807) is 18.2 Å². The van der Waals surface area contributed by atoms with Crippen LogP contribution in [0.25, 0.3) is 11.4 Å². The smallest absolute Gasteiger partial charge is 0.319 e. The van der Waals surface area contributed by atoms with Crippen molar-refractivity contribution >= 4 is 27.4 Å². The summed E-state index contributed by atoms with van der Waals surface area (Å²) in [6.45, 7) is 9.25. The largest absolute Gasteiger partial charge is 0.378 e. The highest BCUT2D eigenvalue weighted by molar-refractivity contribution is 7.89. The van der Waals surface area contributed by atoms with Crippen LogP contribution in [0.15, 0.2) is 30.3 Å². The van der Waals surface area contributed by atoms with E-state index in [0.717, 1.165) is 5.56 Å². The predicted octanol–water partition coefficient (Wildman–Crippen LogP) is 2.69. The third kappa shape index (κ3) is 7.45. The molecule has 1 aliphatic rings. The molecule has 10 heteroatoms. The van der Waals surface area contributed by atoms with Crippen LogP contribution in [0.2, 0.25) is 0 Å². The lowest BCUT2D eigenvalue weighted by atomic mass is 9.97. The van der Waals surface area contributed by atoms with Gasteiger partial charge in [0.25, 0.3) is 0 Å². The molecule has 1 aliphatic heterocycles. The summed E-state index contributed by atoms with van der Waals surface area (Å²) in [7, 11) is -3.25. The van der Waals surface area contributed by atoms with Crippen LogP contribution >= 0.6 is 0 Å². The monoisotopic (exact) mass is 461 g/mol. The van der Waals surface area contributed by atoms with Crippen molar-refractivity contribution in [1.82, 2.24) is 15.3 Å². The zero-order valence-electron chi connectivity index (χ0n) is 19.0. The number of anilines is 2. The summed E-state index contributed by atoms with van der Waals surface area (Å²) in [5.41, 5.74) is 1.81. The van der Waals surface area contributed by atoms with Crippen LogP contribution in [0.1, 0.15) is 26.5 Å². The minimum absolute atomic E-state index is 0.00624. The fourth-order valence-electron chi connectivity index (χ4n) is 3.13. The van der Waals surface area contributed by atoms with Crippen molar-refractivity contribution in [3.05, 3.63) is 36.0 Å². The maximum atomic E-state index is 12.1. The van der Waals surface area contributed by atoms with E-state index in [4.69, 9.17) is 4.74 Å². The van der Waals surface area contributed by atoms with Crippen molar-refractivity contribution in [1.29, 1.82) is 0 Å². The summed E-state index contributed by atoms with van der Waals surface area (Å²) in [6.07, 6.45) is 1.19. The Morgan fingerprint density at radius 2 is 1.78 bits per heavy atom. The van der Waals surface area contributed by atoms with Crippen LogP contribution in [0.5, 0.6) is 0 Å². The molecule has 3 rings (SSSR count). The number of benzene rings is 1. The molecule has 0 atom stereocenters. The molecule has 0 saturated carbocycles. The van der Waals surface area contributed by atoms with Crippen LogP contribution in [0.4, 0.5) is 16.3 Å². The quantitative estimate of drug-likeness (QED) is 0.680. The number of carbonyl (C=O) groups is 1. The normalized spacial score (nSPS) is 14.8. The molecule has 2 N–H and O–H groups in total. The topological polar surface area (TPSA) is 114 Å². The fourth-order valence-corrected chi connectivity index (χ4v) is 3.82. The molecule has 174 valence electrons. The number of ether oxygens (including phenoxy) is 1. The molecule has 0 spiro atoms. The van der Waals surface area contributed by atoms with Gasteiger partial charge in [-0.25, -0.2) is 23.2 Å². The van der Waals surface area contributed by atoms with Gasteiger partial charge in [-0.1, -0.05) is 20.8 Å². The molecule has 2 amide bonds. The number of nitrogens with one attached hydrogen (secondary N) is 2. The lowest BCUT2D eigenvalue weighted by Crippen LogP contribution is -2.37. The van der Waals surface area contributed by atoms with Gasteiger partial charge in [-0.3, -0.25) is 0 Å². The van der Waals surface area contributed by atoms with Gasteiger partial charge in [-0.2, -0.15) is 0 Å². The molecule has 2 aromatic rings. The first-order valence-electron chi connectivity index (χ1n) is 10.5. The van der Waals surface area contributed by atoms with Crippen LogP contribution in [-0.4, -0.2) is 63.5 Å². The van der Waals surface area contributed by atoms with Gasteiger partial charge >= 0.3 is 6.03 Å². The molecule has 2 heterocycles. The minimum atomic E-state index is -3.25. The number of sulfone groups is 1. The van der Waals surface area contributed by atoms with Crippen molar-refractivity contribution < 1.29 is 17.9 Å². The zero-order chi connectivity index (χ0) is 23.4. The SMILES string of the molecule is CC(C)(C)CNC(=O)Nc1ccc(-c2nc(CS(C)(=O)=O)cc(N3CCOCC3)n2)cc1. The van der Waals surface area contributed by atoms with Gasteiger partial charge in [0.15, 0.2) is 15.7 Å². The molecule has 1 saturated heterocycles. The Kier molecular flexibility index (Phi) is 7.35. The van der Waals surface area contributed by atoms with Gasteiger partial charge < -0.3 is 20.3 Å². The first-order valence-corrected chi connectivity index (χ1v) is 12.6. The second-order valence-electron chi connectivity index (χ2n) is 9.16. The van der Waals surface area contributed by atoms with E-state index in [9.17, 15) is 13.2 Å². The summed E-state index contributed by atoms with van der Waals surface area (Å²) in [5, 5.41) is 5.65. The second-order valence-corrected chi connectivity index (χ2v) is 11.3. The fraction of sp³-hybridized carbons (Fsp3) is 0.500. The summed E-state index contributed by atoms with van der Waals surface area (Å²) in [5.74, 6) is 0.963. The van der Waals surface area contributed by atoms with Gasteiger partial charge in [0.05, 0.1) is 24.7 Å². The molecule has 1 fully saturated rings. The van der Waals surface area contributed by atoms with Crippen molar-refractivity contribution in [3.63, 3.8) is 0 Å². The molecule has 9 nitrogen and oxygen atoms in total. The van der Waals surface area contributed by atoms with Crippen LogP contribution in [0.3, 0.4) is 0 Å². The lowest BCUT2D eigenvalue weighted by molar-refractivity contribution is 0.122. The Labute approximate surface area is 189 Å². The van der Waals surface area contributed by atoms with Crippen LogP contribution < -0.4 is 15.5 Å². The van der Waals surface area contributed by atoms with Gasteiger partial charge in [-0.05, 0) is 29.7 Å². The number of rotatable bonds is 6. The Bertz CT molecular complexity index is 1040. The summed E-state index contributed by atoms with van der Waals surface area (Å²) in [6, 6.07) is 8.61. The summed E-state index contributed by atoms with van der Waals surface area (Å²) >= 11 is 0. The van der Waals surface area contributed by atoms with Crippen molar-refractivity contribution in [2.45, 2.75) is 26.5 Å². The van der Waals surface area contributed by atoms with E-state index in [1.165, 1.54) is 6.26 Å². The number of hydrogen-bond donors (Lipinski definition) is 2. The van der Waals surface area contributed by atoms with Crippen LogP contribution in [0, 0.1) is 5.41 Å². The molecule has 0 radical (unpaired) electrons. The van der Waals surface area contributed by atoms with Gasteiger partial charge in [0.1, 0.15) is 5.82 Å². The van der Waals surface area contributed by atoms with E-state index in [-0.39, 0.29) is 17.2 Å². The number of carbonyl (C=O) groups excluding carboxylic acids is 1. The number of aromatic nitrogens is 2. The molecule has 0 bridgehead atoms. The van der Waals surface area contributed by atoms with E-state index >= 15 is 0 Å². The Morgan fingerprint density at radius 3 is 2.38 bits per heavy atom. The number of hydrogen-bond acceptors (Lipinski definition) is 7. The van der Waals surface area contributed by atoms with Crippen LogP contribution in [-0.2, 0) is 20.3 Å². The maximum absolute atomic E-state index is 12.1. The molecular formula is C22H31N5O4S. The first-order chi connectivity index (χ1) is 15.0. The molecular weight excluding hydrogens is 430 g/mol. The van der Waals surface area contributed by atoms with Crippen molar-refractivity contribution in [2.75, 3.05) is 49.3 Å². The summed E-state index contributed by atoms with van der Waals surface area (Å²) in [4.78, 5) is 23.3. The third-order valence-electron chi connectivity index (χ3n) is 4.69. The number of amides is 2. The Balaban J connectivity index is 1.81. The average molecular weight is 462 g/mol. The first kappa shape index (κ1) is 23.9. The number of nitrogens with zero attached hydrogens (tertiary/aromatic N) is 3. The van der Waals surface area contributed by atoms with Crippen molar-refractivity contribution in [2.24, 2.45) is 5.41 Å². The number of urea groups is 1. The Morgan fingerprint density at radius 1 is 1.12 bits per heavy atom.